The van der Waals surface area contributed by atoms with Gasteiger partial charge in [-0.3, -0.25) is 0 Å². The third kappa shape index (κ3) is 3.85. The summed E-state index contributed by atoms with van der Waals surface area (Å²) in [6, 6.07) is 6.62. The number of nitrogens with zero attached hydrogens (tertiary/aromatic N) is 2. The largest absolute Gasteiger partial charge is 0.368 e. The van der Waals surface area contributed by atoms with Gasteiger partial charge in [0.15, 0.2) is 0 Å². The van der Waals surface area contributed by atoms with E-state index in [-0.39, 0.29) is 11.8 Å². The van der Waals surface area contributed by atoms with E-state index in [1.54, 1.807) is 6.07 Å². The van der Waals surface area contributed by atoms with E-state index in [0.717, 1.165) is 38.2 Å². The lowest BCUT2D eigenvalue weighted by atomic mass is 10.2. The van der Waals surface area contributed by atoms with E-state index in [1.165, 1.54) is 12.1 Å². The molecule has 1 fully saturated rings. The summed E-state index contributed by atoms with van der Waals surface area (Å²) in [4.78, 5) is 15.8. The second-order valence-electron chi connectivity index (χ2n) is 5.04. The zero-order valence-corrected chi connectivity index (χ0v) is 11.9. The number of urea groups is 1. The molecule has 0 bridgehead atoms. The minimum atomic E-state index is -0.220. The van der Waals surface area contributed by atoms with Gasteiger partial charge in [0.05, 0.1) is 0 Å². The Kier molecular flexibility index (Phi) is 5.21. The number of halogens is 1. The summed E-state index contributed by atoms with van der Waals surface area (Å²) in [5, 5.41) is 2.93. The SMILES string of the molecule is CCCCNC(=O)N1CCN(c2cccc(F)c2)CC1. The molecule has 1 N–H and O–H groups in total. The predicted octanol–water partition coefficient (Wildman–Crippen LogP) is 2.46. The van der Waals surface area contributed by atoms with Crippen LogP contribution in [-0.4, -0.2) is 43.7 Å². The number of carbonyl (C=O) groups excluding carboxylic acids is 1. The number of benzene rings is 1. The molecule has 0 atom stereocenters. The lowest BCUT2D eigenvalue weighted by molar-refractivity contribution is 0.194. The fourth-order valence-corrected chi connectivity index (χ4v) is 2.32. The minimum absolute atomic E-state index is 0.0114. The summed E-state index contributed by atoms with van der Waals surface area (Å²) in [5.74, 6) is -0.220. The maximum Gasteiger partial charge on any atom is 0.317 e. The van der Waals surface area contributed by atoms with Gasteiger partial charge in [0.1, 0.15) is 5.82 Å². The van der Waals surface area contributed by atoms with Gasteiger partial charge < -0.3 is 15.1 Å². The van der Waals surface area contributed by atoms with Gasteiger partial charge in [0.25, 0.3) is 0 Å². The first-order valence-corrected chi connectivity index (χ1v) is 7.24. The molecule has 1 aromatic rings. The fraction of sp³-hybridized carbons (Fsp3) is 0.533. The molecule has 0 aliphatic carbocycles. The summed E-state index contributed by atoms with van der Waals surface area (Å²) in [6.07, 6.45) is 2.09. The van der Waals surface area contributed by atoms with Crippen molar-refractivity contribution in [3.8, 4) is 0 Å². The van der Waals surface area contributed by atoms with Gasteiger partial charge in [-0.05, 0) is 24.6 Å². The smallest absolute Gasteiger partial charge is 0.317 e. The first-order valence-electron chi connectivity index (χ1n) is 7.24. The van der Waals surface area contributed by atoms with Gasteiger partial charge in [-0.25, -0.2) is 9.18 Å². The molecule has 0 spiro atoms. The maximum atomic E-state index is 13.2. The highest BCUT2D eigenvalue weighted by molar-refractivity contribution is 5.74. The normalized spacial score (nSPS) is 15.3. The number of anilines is 1. The monoisotopic (exact) mass is 279 g/mol. The van der Waals surface area contributed by atoms with Crippen LogP contribution in [0.5, 0.6) is 0 Å². The number of piperazine rings is 1. The van der Waals surface area contributed by atoms with Crippen molar-refractivity contribution in [3.05, 3.63) is 30.1 Å². The summed E-state index contributed by atoms with van der Waals surface area (Å²) in [5.41, 5.74) is 0.885. The Morgan fingerprint density at radius 1 is 1.30 bits per heavy atom. The standard InChI is InChI=1S/C15H22FN3O/c1-2-3-7-17-15(20)19-10-8-18(9-11-19)14-6-4-5-13(16)12-14/h4-6,12H,2-3,7-11H2,1H3,(H,17,20). The summed E-state index contributed by atoms with van der Waals surface area (Å²) in [6.45, 7) is 5.67. The molecular formula is C15H22FN3O. The summed E-state index contributed by atoms with van der Waals surface area (Å²) >= 11 is 0. The van der Waals surface area contributed by atoms with Crippen LogP contribution in [0.25, 0.3) is 0 Å². The number of rotatable bonds is 4. The second-order valence-corrected chi connectivity index (χ2v) is 5.04. The van der Waals surface area contributed by atoms with Crippen LogP contribution in [0, 0.1) is 5.82 Å². The molecule has 1 aliphatic heterocycles. The molecule has 2 rings (SSSR count). The van der Waals surface area contributed by atoms with Crippen LogP contribution in [0.4, 0.5) is 14.9 Å². The van der Waals surface area contributed by atoms with Gasteiger partial charge in [-0.15, -0.1) is 0 Å². The molecule has 1 saturated heterocycles. The molecule has 20 heavy (non-hydrogen) atoms. The highest BCUT2D eigenvalue weighted by Gasteiger charge is 2.20. The Labute approximate surface area is 119 Å². The van der Waals surface area contributed by atoms with Crippen molar-refractivity contribution in [3.63, 3.8) is 0 Å². The number of hydrogen-bond acceptors (Lipinski definition) is 2. The predicted molar refractivity (Wildman–Crippen MR) is 78.5 cm³/mol. The van der Waals surface area contributed by atoms with E-state index in [1.807, 2.05) is 11.0 Å². The van der Waals surface area contributed by atoms with Gasteiger partial charge in [0, 0.05) is 38.4 Å². The molecule has 1 aliphatic rings. The third-order valence-corrected chi connectivity index (χ3v) is 3.55. The Morgan fingerprint density at radius 2 is 2.05 bits per heavy atom. The molecule has 4 nitrogen and oxygen atoms in total. The minimum Gasteiger partial charge on any atom is -0.368 e. The Morgan fingerprint density at radius 3 is 2.70 bits per heavy atom. The molecule has 0 aromatic heterocycles. The van der Waals surface area contributed by atoms with E-state index >= 15 is 0 Å². The topological polar surface area (TPSA) is 35.6 Å². The van der Waals surface area contributed by atoms with Crippen molar-refractivity contribution in [1.82, 2.24) is 10.2 Å². The van der Waals surface area contributed by atoms with Crippen LogP contribution in [0.2, 0.25) is 0 Å². The van der Waals surface area contributed by atoms with Crippen molar-refractivity contribution in [2.45, 2.75) is 19.8 Å². The van der Waals surface area contributed by atoms with E-state index in [9.17, 15) is 9.18 Å². The highest BCUT2D eigenvalue weighted by atomic mass is 19.1. The third-order valence-electron chi connectivity index (χ3n) is 3.55. The zero-order valence-electron chi connectivity index (χ0n) is 11.9. The van der Waals surface area contributed by atoms with Gasteiger partial charge in [-0.2, -0.15) is 0 Å². The second kappa shape index (κ2) is 7.12. The fourth-order valence-electron chi connectivity index (χ4n) is 2.32. The molecule has 0 unspecified atom stereocenters. The number of carbonyl (C=O) groups is 1. The molecule has 2 amide bonds. The number of unbranched alkanes of at least 4 members (excludes halogenated alkanes) is 1. The Bertz CT molecular complexity index is 444. The Hall–Kier alpha value is -1.78. The van der Waals surface area contributed by atoms with Crippen LogP contribution in [-0.2, 0) is 0 Å². The van der Waals surface area contributed by atoms with Crippen molar-refractivity contribution in [1.29, 1.82) is 0 Å². The lowest BCUT2D eigenvalue weighted by Gasteiger charge is -2.36. The Balaban J connectivity index is 1.81. The van der Waals surface area contributed by atoms with Crippen molar-refractivity contribution in [2.24, 2.45) is 0 Å². The molecule has 1 aromatic carbocycles. The molecule has 110 valence electrons. The van der Waals surface area contributed by atoms with E-state index in [0.29, 0.717) is 13.1 Å². The average Bonchev–Trinajstić information content (AvgIpc) is 2.47. The van der Waals surface area contributed by atoms with Crippen LogP contribution < -0.4 is 10.2 Å². The van der Waals surface area contributed by atoms with E-state index in [2.05, 4.69) is 17.1 Å². The van der Waals surface area contributed by atoms with Crippen molar-refractivity contribution < 1.29 is 9.18 Å². The van der Waals surface area contributed by atoms with E-state index < -0.39 is 0 Å². The number of hydrogen-bond donors (Lipinski definition) is 1. The first-order chi connectivity index (χ1) is 9.70. The molecule has 0 radical (unpaired) electrons. The van der Waals surface area contributed by atoms with Crippen LogP contribution in [0.1, 0.15) is 19.8 Å². The van der Waals surface area contributed by atoms with Crippen molar-refractivity contribution >= 4 is 11.7 Å². The lowest BCUT2D eigenvalue weighted by Crippen LogP contribution is -2.52. The number of amides is 2. The van der Waals surface area contributed by atoms with Crippen molar-refractivity contribution in [2.75, 3.05) is 37.6 Å². The van der Waals surface area contributed by atoms with Gasteiger partial charge in [0.2, 0.25) is 0 Å². The van der Waals surface area contributed by atoms with Gasteiger partial charge in [-0.1, -0.05) is 19.4 Å². The van der Waals surface area contributed by atoms with E-state index in [4.69, 9.17) is 0 Å². The molecule has 5 heteroatoms. The van der Waals surface area contributed by atoms with Gasteiger partial charge >= 0.3 is 6.03 Å². The highest BCUT2D eigenvalue weighted by Crippen LogP contribution is 2.17. The van der Waals surface area contributed by atoms with Crippen LogP contribution in [0.15, 0.2) is 24.3 Å². The quantitative estimate of drug-likeness (QED) is 0.859. The van der Waals surface area contributed by atoms with Crippen LogP contribution >= 0.6 is 0 Å². The summed E-state index contributed by atoms with van der Waals surface area (Å²) < 4.78 is 13.2. The molecular weight excluding hydrogens is 257 g/mol. The first kappa shape index (κ1) is 14.6. The maximum absolute atomic E-state index is 13.2. The number of nitrogens with one attached hydrogen (secondary N) is 1. The van der Waals surface area contributed by atoms with Crippen LogP contribution in [0.3, 0.4) is 0 Å². The zero-order chi connectivity index (χ0) is 14.4. The summed E-state index contributed by atoms with van der Waals surface area (Å²) in [7, 11) is 0. The molecule has 1 heterocycles. The average molecular weight is 279 g/mol. The molecule has 0 saturated carbocycles.